The monoisotopic (exact) mass is 528 g/mol. The summed E-state index contributed by atoms with van der Waals surface area (Å²) in [6, 6.07) is 18.2. The van der Waals surface area contributed by atoms with Gasteiger partial charge in [0.25, 0.3) is 7.82 Å². The molecule has 6 nitrogen and oxygen atoms in total. The fourth-order valence-electron chi connectivity index (χ4n) is 3.55. The van der Waals surface area contributed by atoms with E-state index in [0.717, 1.165) is 54.8 Å². The van der Waals surface area contributed by atoms with Gasteiger partial charge in [0.15, 0.2) is 5.12 Å². The number of carbonyl (C=O) groups is 1. The van der Waals surface area contributed by atoms with Gasteiger partial charge in [0.2, 0.25) is 0 Å². The molecule has 2 atom stereocenters. The van der Waals surface area contributed by atoms with Crippen molar-refractivity contribution < 1.29 is 46.9 Å². The average molecular weight is 529 g/mol. The zero-order chi connectivity index (χ0) is 25.4. The molecule has 2 aromatic rings. The number of ether oxygens (including phenoxy) is 1. The molecule has 0 fully saturated rings. The van der Waals surface area contributed by atoms with E-state index >= 15 is 0 Å². The van der Waals surface area contributed by atoms with Crippen LogP contribution in [-0.2, 0) is 29.8 Å². The number of phosphoric acid groups is 1. The van der Waals surface area contributed by atoms with E-state index in [4.69, 9.17) is 9.26 Å². The Labute approximate surface area is 232 Å². The van der Waals surface area contributed by atoms with E-state index in [0.29, 0.717) is 13.0 Å². The number of rotatable bonds is 18. The minimum Gasteiger partial charge on any atom is -0.756 e. The van der Waals surface area contributed by atoms with Crippen molar-refractivity contribution >= 4 is 24.7 Å². The molecular formula is C27H38LiO6PS. The van der Waals surface area contributed by atoms with Gasteiger partial charge >= 0.3 is 18.9 Å². The second kappa shape index (κ2) is 19.2. The van der Waals surface area contributed by atoms with Crippen LogP contribution >= 0.6 is 19.6 Å². The Morgan fingerprint density at radius 2 is 1.53 bits per heavy atom. The molecule has 0 heterocycles. The Kier molecular flexibility index (Phi) is 17.7. The van der Waals surface area contributed by atoms with Crippen molar-refractivity contribution in [2.75, 3.05) is 20.3 Å². The molecule has 0 amide bonds. The third kappa shape index (κ3) is 14.2. The van der Waals surface area contributed by atoms with Gasteiger partial charge in [0.05, 0.1) is 25.1 Å². The second-order valence-corrected chi connectivity index (χ2v) is 11.4. The molecule has 0 N–H and O–H groups in total. The quantitative estimate of drug-likeness (QED) is 0.165. The van der Waals surface area contributed by atoms with E-state index in [1.54, 1.807) is 0 Å². The Bertz CT molecular complexity index is 897. The standard InChI is InChI=1S/C27H39O6PS.Li/c1-3-4-5-6-7-8-12-15-27(28)35-26(22-33-34(29,30)31-2)21-32-20-23-16-18-25(19-17-23)24-13-10-9-11-14-24;/h9-11,13-14,16-19,26H,3-8,12,15,20-22H2,1-2H3,(H,29,30);/q;+1/p-1/t26-;/m1./s1. The van der Waals surface area contributed by atoms with Crippen molar-refractivity contribution in [3.63, 3.8) is 0 Å². The molecule has 9 heteroatoms. The molecule has 0 spiro atoms. The molecule has 0 aromatic heterocycles. The third-order valence-corrected chi connectivity index (χ3v) is 7.54. The summed E-state index contributed by atoms with van der Waals surface area (Å²) in [4.78, 5) is 24.1. The summed E-state index contributed by atoms with van der Waals surface area (Å²) in [5, 5.41) is -0.408. The first-order valence-electron chi connectivity index (χ1n) is 12.4. The fraction of sp³-hybridized carbons (Fsp3) is 0.519. The maximum absolute atomic E-state index is 12.5. The number of phosphoric ester groups is 1. The van der Waals surface area contributed by atoms with Crippen LogP contribution in [0.2, 0.25) is 0 Å². The van der Waals surface area contributed by atoms with Gasteiger partial charge in [-0.3, -0.25) is 9.36 Å². The van der Waals surface area contributed by atoms with Gasteiger partial charge in [-0.05, 0) is 23.1 Å². The van der Waals surface area contributed by atoms with Crippen molar-refractivity contribution in [2.45, 2.75) is 70.1 Å². The van der Waals surface area contributed by atoms with Crippen LogP contribution in [0, 0.1) is 0 Å². The first kappa shape index (κ1) is 33.2. The number of hydrogen-bond acceptors (Lipinski definition) is 7. The largest absolute Gasteiger partial charge is 1.00 e. The zero-order valence-corrected chi connectivity index (χ0v) is 23.6. The Morgan fingerprint density at radius 1 is 0.917 bits per heavy atom. The minimum atomic E-state index is -4.37. The predicted octanol–water partition coefficient (Wildman–Crippen LogP) is 3.77. The van der Waals surface area contributed by atoms with Crippen molar-refractivity contribution in [3.05, 3.63) is 60.2 Å². The van der Waals surface area contributed by atoms with Gasteiger partial charge in [-0.1, -0.05) is 112 Å². The predicted molar refractivity (Wildman–Crippen MR) is 141 cm³/mol. The van der Waals surface area contributed by atoms with Crippen LogP contribution in [0.1, 0.15) is 63.9 Å². The number of unbranched alkanes of at least 4 members (excludes halogenated alkanes) is 6. The van der Waals surface area contributed by atoms with Crippen molar-refractivity contribution in [2.24, 2.45) is 0 Å². The van der Waals surface area contributed by atoms with Crippen LogP contribution in [0.15, 0.2) is 54.6 Å². The van der Waals surface area contributed by atoms with Gasteiger partial charge in [-0.25, -0.2) is 0 Å². The molecule has 0 aliphatic heterocycles. The zero-order valence-electron chi connectivity index (χ0n) is 21.9. The van der Waals surface area contributed by atoms with Gasteiger partial charge in [0.1, 0.15) is 0 Å². The first-order chi connectivity index (χ1) is 16.9. The number of carbonyl (C=O) groups excluding carboxylic acids is 1. The molecule has 2 rings (SSSR count). The van der Waals surface area contributed by atoms with Gasteiger partial charge in [-0.15, -0.1) is 0 Å². The normalized spacial score (nSPS) is 13.5. The molecule has 36 heavy (non-hydrogen) atoms. The summed E-state index contributed by atoms with van der Waals surface area (Å²) in [7, 11) is -3.31. The summed E-state index contributed by atoms with van der Waals surface area (Å²) < 4.78 is 26.7. The smallest absolute Gasteiger partial charge is 0.756 e. The Balaban J connectivity index is 0.00000648. The third-order valence-electron chi connectivity index (χ3n) is 5.56. The first-order valence-corrected chi connectivity index (χ1v) is 14.7. The van der Waals surface area contributed by atoms with E-state index in [2.05, 4.69) is 23.6 Å². The topological polar surface area (TPSA) is 84.9 Å². The maximum Gasteiger partial charge on any atom is 1.00 e. The Hall–Kier alpha value is -0.873. The SMILES string of the molecule is CCCCCCCCCC(=O)S[C@H](COCc1ccc(-c2ccccc2)cc1)COP(=O)([O-])OC.[Li+]. The molecule has 2 aromatic carbocycles. The molecule has 1 unspecified atom stereocenters. The molecule has 194 valence electrons. The van der Waals surface area contributed by atoms with E-state index in [-0.39, 0.29) is 37.2 Å². The summed E-state index contributed by atoms with van der Waals surface area (Å²) in [6.07, 6.45) is 8.43. The van der Waals surface area contributed by atoms with Gasteiger partial charge in [-0.2, -0.15) is 0 Å². The van der Waals surface area contributed by atoms with E-state index in [9.17, 15) is 14.3 Å². The van der Waals surface area contributed by atoms with E-state index in [1.165, 1.54) is 25.7 Å². The summed E-state index contributed by atoms with van der Waals surface area (Å²) in [5.74, 6) is 0. The molecule has 0 bridgehead atoms. The maximum atomic E-state index is 12.5. The summed E-state index contributed by atoms with van der Waals surface area (Å²) in [5.41, 5.74) is 3.27. The van der Waals surface area contributed by atoms with Gasteiger partial charge < -0.3 is 18.7 Å². The molecular weight excluding hydrogens is 490 g/mol. The van der Waals surface area contributed by atoms with Crippen LogP contribution in [0.5, 0.6) is 0 Å². The van der Waals surface area contributed by atoms with Crippen LogP contribution in [0.4, 0.5) is 0 Å². The molecule has 0 saturated carbocycles. The van der Waals surface area contributed by atoms with Gasteiger partial charge in [0, 0.05) is 13.5 Å². The van der Waals surface area contributed by atoms with Crippen LogP contribution in [0.25, 0.3) is 11.1 Å². The number of benzene rings is 2. The average Bonchev–Trinajstić information content (AvgIpc) is 2.87. The second-order valence-electron chi connectivity index (χ2n) is 8.49. The van der Waals surface area contributed by atoms with E-state index < -0.39 is 13.1 Å². The van der Waals surface area contributed by atoms with E-state index in [1.807, 2.05) is 42.5 Å². The van der Waals surface area contributed by atoms with Crippen molar-refractivity contribution in [1.29, 1.82) is 0 Å². The summed E-state index contributed by atoms with van der Waals surface area (Å²) in [6.45, 7) is 2.57. The Morgan fingerprint density at radius 3 is 2.17 bits per heavy atom. The molecule has 0 aliphatic carbocycles. The van der Waals surface area contributed by atoms with Crippen LogP contribution in [0.3, 0.4) is 0 Å². The molecule has 0 radical (unpaired) electrons. The van der Waals surface area contributed by atoms with Crippen molar-refractivity contribution in [1.82, 2.24) is 0 Å². The fourth-order valence-corrected chi connectivity index (χ4v) is 5.05. The summed E-state index contributed by atoms with van der Waals surface area (Å²) >= 11 is 1.10. The number of thioether (sulfide) groups is 1. The minimum absolute atomic E-state index is 0. The molecule has 0 saturated heterocycles. The van der Waals surface area contributed by atoms with Crippen LogP contribution < -0.4 is 23.8 Å². The van der Waals surface area contributed by atoms with Crippen molar-refractivity contribution in [3.8, 4) is 11.1 Å². The number of hydrogen-bond donors (Lipinski definition) is 0. The van der Waals surface area contributed by atoms with Crippen LogP contribution in [-0.4, -0.2) is 30.7 Å². The molecule has 0 aliphatic rings.